The highest BCUT2D eigenvalue weighted by Gasteiger charge is 2.34. The first kappa shape index (κ1) is 13.4. The maximum absolute atomic E-state index is 12.8. The third-order valence-electron chi connectivity index (χ3n) is 3.81. The Morgan fingerprint density at radius 3 is 2.90 bits per heavy atom. The van der Waals surface area contributed by atoms with Crippen LogP contribution in [0.3, 0.4) is 0 Å². The first-order valence-corrected chi connectivity index (χ1v) is 7.99. The predicted molar refractivity (Wildman–Crippen MR) is 79.9 cm³/mol. The molecule has 2 aromatic heterocycles. The number of carbonyl (C=O) groups excluding carboxylic acids is 1. The Morgan fingerprint density at radius 1 is 1.55 bits per heavy atom. The van der Waals surface area contributed by atoms with Crippen molar-refractivity contribution in [2.45, 2.75) is 45.8 Å². The van der Waals surface area contributed by atoms with Crippen LogP contribution >= 0.6 is 11.3 Å². The summed E-state index contributed by atoms with van der Waals surface area (Å²) in [5, 5.41) is 8.46. The van der Waals surface area contributed by atoms with Gasteiger partial charge in [0.05, 0.1) is 11.8 Å². The summed E-state index contributed by atoms with van der Waals surface area (Å²) in [7, 11) is 0. The van der Waals surface area contributed by atoms with Crippen molar-refractivity contribution < 1.29 is 4.79 Å². The molecule has 1 aliphatic carbocycles. The minimum Gasteiger partial charge on any atom is -0.331 e. The van der Waals surface area contributed by atoms with E-state index in [4.69, 9.17) is 0 Å². The highest BCUT2D eigenvalue weighted by Crippen LogP contribution is 2.30. The largest absolute Gasteiger partial charge is 0.331 e. The van der Waals surface area contributed by atoms with Crippen molar-refractivity contribution in [3.63, 3.8) is 0 Å². The van der Waals surface area contributed by atoms with Gasteiger partial charge in [0.1, 0.15) is 0 Å². The molecule has 0 N–H and O–H groups in total. The second kappa shape index (κ2) is 5.40. The first-order chi connectivity index (χ1) is 9.70. The monoisotopic (exact) mass is 289 g/mol. The standard InChI is InChI=1S/C15H19N3OS/c1-3-18-11(2)14(8-16-18)15(19)17(13-4-5-13)9-12-6-7-20-10-12/h6-8,10,13H,3-5,9H2,1-2H3. The Hall–Kier alpha value is -1.62. The Kier molecular flexibility index (Phi) is 3.61. The van der Waals surface area contributed by atoms with Crippen LogP contribution in [0.15, 0.2) is 23.0 Å². The van der Waals surface area contributed by atoms with Gasteiger partial charge in [0.25, 0.3) is 5.91 Å². The molecule has 2 aromatic rings. The summed E-state index contributed by atoms with van der Waals surface area (Å²) in [5.41, 5.74) is 2.93. The van der Waals surface area contributed by atoms with Gasteiger partial charge in [0.2, 0.25) is 0 Å². The van der Waals surface area contributed by atoms with Gasteiger partial charge >= 0.3 is 0 Å². The lowest BCUT2D eigenvalue weighted by Crippen LogP contribution is -2.32. The van der Waals surface area contributed by atoms with E-state index in [9.17, 15) is 4.79 Å². The van der Waals surface area contributed by atoms with Crippen LogP contribution < -0.4 is 0 Å². The van der Waals surface area contributed by atoms with Crippen LogP contribution in [-0.2, 0) is 13.1 Å². The predicted octanol–water partition coefficient (Wildman–Crippen LogP) is 3.08. The smallest absolute Gasteiger partial charge is 0.257 e. The molecule has 0 unspecified atom stereocenters. The summed E-state index contributed by atoms with van der Waals surface area (Å²) >= 11 is 1.68. The summed E-state index contributed by atoms with van der Waals surface area (Å²) in [5.74, 6) is 0.121. The van der Waals surface area contributed by atoms with Gasteiger partial charge in [0.15, 0.2) is 0 Å². The van der Waals surface area contributed by atoms with Crippen molar-refractivity contribution in [2.75, 3.05) is 0 Å². The molecule has 20 heavy (non-hydrogen) atoms. The third-order valence-corrected chi connectivity index (χ3v) is 4.55. The second-order valence-corrected chi connectivity index (χ2v) is 6.04. The number of aromatic nitrogens is 2. The summed E-state index contributed by atoms with van der Waals surface area (Å²) in [6.45, 7) is 5.52. The average molecular weight is 289 g/mol. The Bertz CT molecular complexity index is 599. The number of hydrogen-bond acceptors (Lipinski definition) is 3. The molecular weight excluding hydrogens is 270 g/mol. The average Bonchev–Trinajstić information content (AvgIpc) is 3.02. The van der Waals surface area contributed by atoms with Gasteiger partial charge in [0, 0.05) is 24.8 Å². The number of amides is 1. The molecule has 0 radical (unpaired) electrons. The van der Waals surface area contributed by atoms with E-state index in [0.29, 0.717) is 12.6 Å². The third kappa shape index (κ3) is 2.50. The first-order valence-electron chi connectivity index (χ1n) is 7.05. The van der Waals surface area contributed by atoms with E-state index in [1.54, 1.807) is 17.5 Å². The number of thiophene rings is 1. The van der Waals surface area contributed by atoms with E-state index < -0.39 is 0 Å². The van der Waals surface area contributed by atoms with E-state index >= 15 is 0 Å². The van der Waals surface area contributed by atoms with Crippen LogP contribution in [0.1, 0.15) is 41.4 Å². The number of hydrogen-bond donors (Lipinski definition) is 0. The molecule has 4 nitrogen and oxygen atoms in total. The van der Waals surface area contributed by atoms with Crippen LogP contribution in [0.2, 0.25) is 0 Å². The SMILES string of the molecule is CCn1ncc(C(=O)N(Cc2ccsc2)C2CC2)c1C. The maximum Gasteiger partial charge on any atom is 0.257 e. The molecule has 0 bridgehead atoms. The van der Waals surface area contributed by atoms with Gasteiger partial charge in [-0.05, 0) is 49.1 Å². The van der Waals surface area contributed by atoms with E-state index in [0.717, 1.165) is 30.6 Å². The van der Waals surface area contributed by atoms with Crippen molar-refractivity contribution in [3.8, 4) is 0 Å². The molecule has 5 heteroatoms. The molecule has 0 spiro atoms. The van der Waals surface area contributed by atoms with Crippen LogP contribution in [0.25, 0.3) is 0 Å². The normalized spacial score (nSPS) is 14.5. The van der Waals surface area contributed by atoms with Crippen molar-refractivity contribution in [2.24, 2.45) is 0 Å². The second-order valence-electron chi connectivity index (χ2n) is 5.26. The van der Waals surface area contributed by atoms with Crippen molar-refractivity contribution >= 4 is 17.2 Å². The number of carbonyl (C=O) groups is 1. The van der Waals surface area contributed by atoms with Crippen molar-refractivity contribution in [1.29, 1.82) is 0 Å². The minimum absolute atomic E-state index is 0.121. The fraction of sp³-hybridized carbons (Fsp3) is 0.467. The van der Waals surface area contributed by atoms with E-state index in [1.807, 2.05) is 23.4 Å². The van der Waals surface area contributed by atoms with E-state index in [-0.39, 0.29) is 5.91 Å². The fourth-order valence-electron chi connectivity index (χ4n) is 2.46. The van der Waals surface area contributed by atoms with Gasteiger partial charge in [-0.1, -0.05) is 0 Å². The molecule has 1 fully saturated rings. The maximum atomic E-state index is 12.8. The molecular formula is C15H19N3OS. The molecule has 1 aliphatic rings. The summed E-state index contributed by atoms with van der Waals surface area (Å²) in [6, 6.07) is 2.50. The van der Waals surface area contributed by atoms with Crippen molar-refractivity contribution in [1.82, 2.24) is 14.7 Å². The lowest BCUT2D eigenvalue weighted by molar-refractivity contribution is 0.0729. The summed E-state index contributed by atoms with van der Waals surface area (Å²) in [4.78, 5) is 14.8. The highest BCUT2D eigenvalue weighted by molar-refractivity contribution is 7.07. The number of aryl methyl sites for hydroxylation is 1. The molecule has 0 atom stereocenters. The zero-order valence-corrected chi connectivity index (χ0v) is 12.7. The lowest BCUT2D eigenvalue weighted by atomic mass is 10.2. The highest BCUT2D eigenvalue weighted by atomic mass is 32.1. The van der Waals surface area contributed by atoms with Crippen LogP contribution in [-0.4, -0.2) is 26.6 Å². The lowest BCUT2D eigenvalue weighted by Gasteiger charge is -2.21. The van der Waals surface area contributed by atoms with Gasteiger partial charge in [-0.25, -0.2) is 0 Å². The quantitative estimate of drug-likeness (QED) is 0.848. The Balaban J connectivity index is 1.83. The van der Waals surface area contributed by atoms with Gasteiger partial charge < -0.3 is 4.90 Å². The van der Waals surface area contributed by atoms with E-state index in [1.165, 1.54) is 5.56 Å². The molecule has 3 rings (SSSR count). The molecule has 0 aromatic carbocycles. The molecule has 1 amide bonds. The minimum atomic E-state index is 0.121. The van der Waals surface area contributed by atoms with Crippen molar-refractivity contribution in [3.05, 3.63) is 39.8 Å². The summed E-state index contributed by atoms with van der Waals surface area (Å²) < 4.78 is 1.88. The topological polar surface area (TPSA) is 38.1 Å². The zero-order valence-electron chi connectivity index (χ0n) is 11.9. The number of nitrogens with zero attached hydrogens (tertiary/aromatic N) is 3. The molecule has 1 saturated carbocycles. The van der Waals surface area contributed by atoms with E-state index in [2.05, 4.69) is 21.9 Å². The zero-order chi connectivity index (χ0) is 14.1. The fourth-order valence-corrected chi connectivity index (χ4v) is 3.12. The Morgan fingerprint density at radius 2 is 2.35 bits per heavy atom. The van der Waals surface area contributed by atoms with Gasteiger partial charge in [-0.15, -0.1) is 0 Å². The molecule has 0 aliphatic heterocycles. The van der Waals surface area contributed by atoms with Crippen LogP contribution in [0, 0.1) is 6.92 Å². The molecule has 2 heterocycles. The van der Waals surface area contributed by atoms with Crippen LogP contribution in [0.4, 0.5) is 0 Å². The number of rotatable bonds is 5. The summed E-state index contributed by atoms with van der Waals surface area (Å²) in [6.07, 6.45) is 3.96. The van der Waals surface area contributed by atoms with Crippen LogP contribution in [0.5, 0.6) is 0 Å². The molecule has 106 valence electrons. The van der Waals surface area contributed by atoms with Gasteiger partial charge in [-0.2, -0.15) is 16.4 Å². The van der Waals surface area contributed by atoms with Gasteiger partial charge in [-0.3, -0.25) is 9.48 Å². The molecule has 0 saturated heterocycles. The Labute approximate surface area is 123 Å².